The van der Waals surface area contributed by atoms with Gasteiger partial charge in [0.2, 0.25) is 0 Å². The molecular weight excluding hydrogens is 1650 g/mol. The third-order valence-electron chi connectivity index (χ3n) is 32.5. The molecule has 5 nitrogen and oxygen atoms in total. The lowest BCUT2D eigenvalue weighted by atomic mass is 9.50. The van der Waals surface area contributed by atoms with Crippen molar-refractivity contribution < 1.29 is 9.47 Å². The van der Waals surface area contributed by atoms with Gasteiger partial charge in [-0.25, -0.2) is 0 Å². The summed E-state index contributed by atoms with van der Waals surface area (Å²) in [4.78, 5) is 5.70. The Balaban J connectivity index is 0.690. The number of benzene rings is 19. The van der Waals surface area contributed by atoms with Crippen LogP contribution in [0.2, 0.25) is 0 Å². The molecule has 4 spiro atoms. The number of rotatable bonds is 11. The van der Waals surface area contributed by atoms with E-state index in [9.17, 15) is 0 Å². The average molecular weight is 1750 g/mol. The van der Waals surface area contributed by atoms with Crippen LogP contribution in [0.5, 0.6) is 23.0 Å². The summed E-state index contributed by atoms with van der Waals surface area (Å²) in [7, 11) is 0. The summed E-state index contributed by atoms with van der Waals surface area (Å²) in [5.41, 5.74) is 37.6. The SMILES string of the molecule is CCC1C(c2ccc(-c3cc(-c4ccc5c(c4)C4(c6ccccc6-c6ccc(-c7ccc(C8=NC(c9ccc(-c%10ccccc%10)cc9)C(C)C(c9ccccc9)N8)cc7)cc64)c4ccccc4C54c5ccccc5Oc5ccccc54)cc4c3-c3ccccc3C43c4ccccc4C4(c5ccccc5Oc5ccccc54)c4ccccc43)cc2)NC(c2ccccc2)C(C)C1c1ccccc1. The van der Waals surface area contributed by atoms with E-state index in [0.29, 0.717) is 17.8 Å². The molecule has 136 heavy (non-hydrogen) atoms. The number of ether oxygens (including phenoxy) is 2. The summed E-state index contributed by atoms with van der Waals surface area (Å²) in [6.07, 6.45) is 1.01. The quantitative estimate of drug-likeness (QED) is 0.136. The van der Waals surface area contributed by atoms with Crippen molar-refractivity contribution in [2.45, 2.75) is 78.9 Å². The van der Waals surface area contributed by atoms with Crippen LogP contribution in [0.15, 0.2) is 466 Å². The molecule has 0 saturated carbocycles. The Morgan fingerprint density at radius 1 is 0.235 bits per heavy atom. The first-order chi connectivity index (χ1) is 67.2. The minimum atomic E-state index is -0.894. The Hall–Kier alpha value is -15.8. The summed E-state index contributed by atoms with van der Waals surface area (Å²) in [6.45, 7) is 7.23. The highest BCUT2D eigenvalue weighted by molar-refractivity contribution is 6.02. The average Bonchev–Trinajstić information content (AvgIpc) is 1.31. The topological polar surface area (TPSA) is 54.9 Å². The molecule has 1 saturated heterocycles. The molecule has 2 N–H and O–H groups in total. The molecule has 0 aromatic heterocycles. The van der Waals surface area contributed by atoms with Crippen LogP contribution in [0, 0.1) is 17.8 Å². The number of aliphatic imine (C=N–C) groups is 1. The largest absolute Gasteiger partial charge is 0.457 e. The zero-order valence-electron chi connectivity index (χ0n) is 76.0. The number of hydrogen-bond donors (Lipinski definition) is 2. The summed E-state index contributed by atoms with van der Waals surface area (Å²) < 4.78 is 14.3. The van der Waals surface area contributed by atoms with Gasteiger partial charge in [-0.1, -0.05) is 440 Å². The van der Waals surface area contributed by atoms with E-state index in [-0.39, 0.29) is 30.1 Å². The molecule has 19 aromatic carbocycles. The van der Waals surface area contributed by atoms with Gasteiger partial charge in [0.25, 0.3) is 0 Å². The van der Waals surface area contributed by atoms with E-state index in [2.05, 4.69) is 492 Å². The number of nitrogens with one attached hydrogen (secondary N) is 2. The maximum Gasteiger partial charge on any atom is 0.132 e. The normalized spacial score (nSPS) is 20.4. The highest BCUT2D eigenvalue weighted by Crippen LogP contribution is 2.72. The minimum Gasteiger partial charge on any atom is -0.457 e. The molecule has 5 heteroatoms. The fourth-order valence-corrected chi connectivity index (χ4v) is 26.8. The van der Waals surface area contributed by atoms with Crippen molar-refractivity contribution >= 4 is 5.84 Å². The number of amidine groups is 1. The molecule has 1 fully saturated rings. The summed E-state index contributed by atoms with van der Waals surface area (Å²) >= 11 is 0. The molecule has 4 aliphatic heterocycles. The van der Waals surface area contributed by atoms with Crippen molar-refractivity contribution in [3.8, 4) is 89.8 Å². The summed E-state index contributed by atoms with van der Waals surface area (Å²) in [5.74, 6) is 5.42. The van der Waals surface area contributed by atoms with E-state index in [1.54, 1.807) is 0 Å². The highest BCUT2D eigenvalue weighted by Gasteiger charge is 2.62. The van der Waals surface area contributed by atoms with Gasteiger partial charge in [0.15, 0.2) is 0 Å². The Morgan fingerprint density at radius 2 is 0.581 bits per heavy atom. The van der Waals surface area contributed by atoms with Gasteiger partial charge in [-0.15, -0.1) is 0 Å². The predicted octanol–water partition coefficient (Wildman–Crippen LogP) is 31.0. The fourth-order valence-electron chi connectivity index (χ4n) is 26.8. The molecule has 8 aliphatic rings. The number of para-hydroxylation sites is 4. The standard InChI is InChI=1S/C131H97N3O2/c1-4-96-121(87-37-11-6-12-38-87)81(2)123(88-39-13-7-14-40-88)132-126(96)91-69-65-86(66-70-91)100-77-95(80-116-122(100)99-44-18-20-46-102(99)128(116)103-47-21-24-50-106(103)130(107-51-25-22-48-104(107)128)110-53-27-31-57-117(110)135-118-58-32-28-54-111(118)130)94-74-76-109-115(79-94)129(105-49-23-26-52-108(105)131(109)112-55-29-33-59-119(112)136-120-60-34-30-56-113(120)131)101-45-19-17-43-97(101)98-75-73-93(78-114(98)129)85-63-71-92(72-64-85)127-133-124(89-41-15-8-16-42-89)82(3)125(134-127)90-67-61-84(62-68-90)83-35-9-5-10-36-83/h5-82,96,121,123-126,132H,4H2,1-3H3,(H,133,134). The van der Waals surface area contributed by atoms with Gasteiger partial charge in [-0.2, -0.15) is 0 Å². The zero-order chi connectivity index (χ0) is 90.1. The Morgan fingerprint density at radius 3 is 1.11 bits per heavy atom. The molecule has 648 valence electrons. The van der Waals surface area contributed by atoms with Crippen LogP contribution in [0.25, 0.3) is 66.8 Å². The maximum atomic E-state index is 7.23. The lowest BCUT2D eigenvalue weighted by molar-refractivity contribution is 0.133. The minimum absolute atomic E-state index is 0.0170. The van der Waals surface area contributed by atoms with E-state index in [4.69, 9.17) is 14.5 Å². The number of fused-ring (bicyclic) bond motifs is 30. The second kappa shape index (κ2) is 31.2. The van der Waals surface area contributed by atoms with Crippen molar-refractivity contribution in [1.82, 2.24) is 10.6 Å². The second-order valence-corrected chi connectivity index (χ2v) is 38.8. The van der Waals surface area contributed by atoms with E-state index < -0.39 is 21.7 Å². The lowest BCUT2D eigenvalue weighted by Gasteiger charge is -2.51. The van der Waals surface area contributed by atoms with Gasteiger partial charge in [-0.05, 0) is 228 Å². The van der Waals surface area contributed by atoms with Gasteiger partial charge < -0.3 is 20.1 Å². The number of hydrogen-bond acceptors (Lipinski definition) is 5. The first-order valence-electron chi connectivity index (χ1n) is 48.6. The molecule has 0 bridgehead atoms. The lowest BCUT2D eigenvalue weighted by Crippen LogP contribution is -2.45. The fraction of sp³-hybridized carbons (Fsp3) is 0.122. The van der Waals surface area contributed by atoms with Gasteiger partial charge >= 0.3 is 0 Å². The van der Waals surface area contributed by atoms with Gasteiger partial charge in [0.05, 0.1) is 33.7 Å². The van der Waals surface area contributed by atoms with E-state index in [0.717, 1.165) is 90.9 Å². The second-order valence-electron chi connectivity index (χ2n) is 38.8. The Labute approximate surface area is 795 Å². The molecule has 9 atom stereocenters. The predicted molar refractivity (Wildman–Crippen MR) is 551 cm³/mol. The van der Waals surface area contributed by atoms with Crippen molar-refractivity contribution in [1.29, 1.82) is 0 Å². The first-order valence-corrected chi connectivity index (χ1v) is 48.6. The van der Waals surface area contributed by atoms with Crippen molar-refractivity contribution in [3.63, 3.8) is 0 Å². The van der Waals surface area contributed by atoms with Gasteiger partial charge in [0.1, 0.15) is 28.8 Å². The smallest absolute Gasteiger partial charge is 0.132 e. The molecule has 27 rings (SSSR count). The summed E-state index contributed by atoms with van der Waals surface area (Å²) in [6, 6.07) is 175. The van der Waals surface area contributed by atoms with Crippen LogP contribution in [0.1, 0.15) is 180 Å². The van der Waals surface area contributed by atoms with E-state index >= 15 is 0 Å². The zero-order valence-corrected chi connectivity index (χ0v) is 76.0. The van der Waals surface area contributed by atoms with Crippen molar-refractivity contribution in [2.24, 2.45) is 22.7 Å². The molecule has 19 aromatic rings. The maximum absolute atomic E-state index is 7.23. The summed E-state index contributed by atoms with van der Waals surface area (Å²) in [5, 5.41) is 8.41. The van der Waals surface area contributed by atoms with Crippen LogP contribution in [0.3, 0.4) is 0 Å². The van der Waals surface area contributed by atoms with Crippen LogP contribution >= 0.6 is 0 Å². The molecular formula is C131H97N3O2. The monoisotopic (exact) mass is 1740 g/mol. The third-order valence-corrected chi connectivity index (χ3v) is 32.5. The Kier molecular flexibility index (Phi) is 18.3. The van der Waals surface area contributed by atoms with E-state index in [1.165, 1.54) is 134 Å². The van der Waals surface area contributed by atoms with Crippen molar-refractivity contribution in [3.05, 3.63) is 583 Å². The number of piperidine rings is 1. The molecule has 4 aliphatic carbocycles. The third kappa shape index (κ3) is 11.4. The van der Waals surface area contributed by atoms with Crippen molar-refractivity contribution in [2.75, 3.05) is 0 Å². The molecule has 0 amide bonds. The first kappa shape index (κ1) is 79.9. The molecule has 0 radical (unpaired) electrons. The van der Waals surface area contributed by atoms with Crippen LogP contribution < -0.4 is 20.1 Å². The van der Waals surface area contributed by atoms with Crippen LogP contribution in [0.4, 0.5) is 0 Å². The van der Waals surface area contributed by atoms with E-state index in [1.807, 2.05) is 0 Å². The molecule has 9 unspecified atom stereocenters. The van der Waals surface area contributed by atoms with Gasteiger partial charge in [-0.3, -0.25) is 4.99 Å². The van der Waals surface area contributed by atoms with Crippen LogP contribution in [-0.4, -0.2) is 5.84 Å². The number of nitrogens with zero attached hydrogens (tertiary/aromatic N) is 1. The van der Waals surface area contributed by atoms with Crippen LogP contribution in [-0.2, 0) is 21.7 Å². The Bertz CT molecular complexity index is 7900. The molecule has 4 heterocycles. The highest BCUT2D eigenvalue weighted by atomic mass is 16.5. The van der Waals surface area contributed by atoms with Gasteiger partial charge in [0, 0.05) is 45.8 Å².